The summed E-state index contributed by atoms with van der Waals surface area (Å²) in [7, 11) is 0. The number of nitrogens with zero attached hydrogens (tertiary/aromatic N) is 4. The maximum absolute atomic E-state index is 5.86. The summed E-state index contributed by atoms with van der Waals surface area (Å²) < 4.78 is 5.86. The molecule has 2 fully saturated rings. The molecular weight excluding hydrogens is 278 g/mol. The fourth-order valence-electron chi connectivity index (χ4n) is 3.22. The Balaban J connectivity index is 1.50. The highest BCUT2D eigenvalue weighted by molar-refractivity contribution is 5.54. The van der Waals surface area contributed by atoms with E-state index < -0.39 is 0 Å². The number of anilines is 1. The molecule has 1 N–H and O–H groups in total. The normalized spacial score (nSPS) is 22.2. The molecule has 2 saturated heterocycles. The molecule has 1 unspecified atom stereocenters. The molecule has 116 valence electrons. The highest BCUT2D eigenvalue weighted by atomic mass is 16.4. The van der Waals surface area contributed by atoms with Gasteiger partial charge in [0.1, 0.15) is 5.82 Å². The van der Waals surface area contributed by atoms with Crippen LogP contribution in [0.5, 0.6) is 0 Å². The first-order valence-corrected chi connectivity index (χ1v) is 8.15. The summed E-state index contributed by atoms with van der Waals surface area (Å²) in [5.41, 5.74) is 0.894. The van der Waals surface area contributed by atoms with Crippen LogP contribution in [0.4, 0.5) is 5.82 Å². The standard InChI is InChI=1S/C16H21N5O/c1-2-9-21(8-1)14-6-5-13(11-18-14)16-20-19-15(22-16)12-4-3-7-17-10-12/h5-6,11-12,17H,1-4,7-10H2. The van der Waals surface area contributed by atoms with Crippen molar-refractivity contribution in [1.82, 2.24) is 20.5 Å². The Morgan fingerprint density at radius 3 is 2.77 bits per heavy atom. The van der Waals surface area contributed by atoms with Gasteiger partial charge in [0, 0.05) is 31.7 Å². The molecule has 0 amide bonds. The Hall–Kier alpha value is -1.95. The number of hydrogen-bond donors (Lipinski definition) is 1. The van der Waals surface area contributed by atoms with Crippen molar-refractivity contribution in [3.05, 3.63) is 24.2 Å². The van der Waals surface area contributed by atoms with Crippen LogP contribution in [0.25, 0.3) is 11.5 Å². The number of nitrogens with one attached hydrogen (secondary N) is 1. The minimum Gasteiger partial charge on any atom is -0.420 e. The van der Waals surface area contributed by atoms with E-state index in [4.69, 9.17) is 4.42 Å². The molecule has 4 rings (SSSR count). The van der Waals surface area contributed by atoms with Gasteiger partial charge in [0.2, 0.25) is 11.8 Å². The van der Waals surface area contributed by atoms with Gasteiger partial charge < -0.3 is 14.6 Å². The van der Waals surface area contributed by atoms with E-state index in [0.29, 0.717) is 11.8 Å². The van der Waals surface area contributed by atoms with Crippen molar-refractivity contribution >= 4 is 5.82 Å². The van der Waals surface area contributed by atoms with E-state index in [9.17, 15) is 0 Å². The lowest BCUT2D eigenvalue weighted by molar-refractivity contribution is 0.380. The van der Waals surface area contributed by atoms with Crippen molar-refractivity contribution < 1.29 is 4.42 Å². The molecule has 0 bridgehead atoms. The van der Waals surface area contributed by atoms with Gasteiger partial charge in [-0.25, -0.2) is 4.98 Å². The molecule has 6 nitrogen and oxygen atoms in total. The van der Waals surface area contributed by atoms with E-state index in [2.05, 4.69) is 25.4 Å². The van der Waals surface area contributed by atoms with Gasteiger partial charge in [-0.05, 0) is 44.4 Å². The number of hydrogen-bond acceptors (Lipinski definition) is 6. The van der Waals surface area contributed by atoms with Gasteiger partial charge in [0.25, 0.3) is 0 Å². The lowest BCUT2D eigenvalue weighted by Gasteiger charge is -2.19. The van der Waals surface area contributed by atoms with Crippen molar-refractivity contribution in [2.24, 2.45) is 0 Å². The van der Waals surface area contributed by atoms with Crippen LogP contribution < -0.4 is 10.2 Å². The Kier molecular flexibility index (Phi) is 3.76. The van der Waals surface area contributed by atoms with Crippen molar-refractivity contribution in [3.8, 4) is 11.5 Å². The van der Waals surface area contributed by atoms with Gasteiger partial charge in [-0.2, -0.15) is 0 Å². The van der Waals surface area contributed by atoms with Gasteiger partial charge in [0.15, 0.2) is 0 Å². The van der Waals surface area contributed by atoms with Gasteiger partial charge in [-0.1, -0.05) is 0 Å². The third kappa shape index (κ3) is 2.70. The molecule has 0 saturated carbocycles. The molecule has 4 heterocycles. The zero-order valence-electron chi connectivity index (χ0n) is 12.7. The van der Waals surface area contributed by atoms with Crippen LogP contribution in [-0.4, -0.2) is 41.4 Å². The number of aromatic nitrogens is 3. The number of piperidine rings is 1. The van der Waals surface area contributed by atoms with E-state index in [1.807, 2.05) is 18.3 Å². The number of pyridine rings is 1. The Morgan fingerprint density at radius 1 is 1.14 bits per heavy atom. The summed E-state index contributed by atoms with van der Waals surface area (Å²) in [4.78, 5) is 6.86. The smallest absolute Gasteiger partial charge is 0.249 e. The molecule has 2 aromatic heterocycles. The van der Waals surface area contributed by atoms with Crippen LogP contribution in [-0.2, 0) is 0 Å². The van der Waals surface area contributed by atoms with Crippen LogP contribution in [0.1, 0.15) is 37.5 Å². The summed E-state index contributed by atoms with van der Waals surface area (Å²) in [6.07, 6.45) is 6.62. The first-order chi connectivity index (χ1) is 10.9. The highest BCUT2D eigenvalue weighted by Crippen LogP contribution is 2.26. The third-order valence-corrected chi connectivity index (χ3v) is 4.51. The first-order valence-electron chi connectivity index (χ1n) is 8.15. The fraction of sp³-hybridized carbons (Fsp3) is 0.562. The minimum atomic E-state index is 0.340. The van der Waals surface area contributed by atoms with Crippen LogP contribution in [0.2, 0.25) is 0 Å². The maximum atomic E-state index is 5.86. The molecule has 6 heteroatoms. The lowest BCUT2D eigenvalue weighted by atomic mass is 10.00. The van der Waals surface area contributed by atoms with Gasteiger partial charge in [-0.3, -0.25) is 0 Å². The van der Waals surface area contributed by atoms with E-state index in [0.717, 1.165) is 56.3 Å². The van der Waals surface area contributed by atoms with Crippen LogP contribution in [0.3, 0.4) is 0 Å². The quantitative estimate of drug-likeness (QED) is 0.937. The van der Waals surface area contributed by atoms with Crippen LogP contribution in [0.15, 0.2) is 22.7 Å². The molecule has 2 aromatic rings. The Bertz CT molecular complexity index is 612. The molecule has 0 radical (unpaired) electrons. The average molecular weight is 299 g/mol. The second kappa shape index (κ2) is 6.04. The summed E-state index contributed by atoms with van der Waals surface area (Å²) in [6, 6.07) is 4.07. The van der Waals surface area contributed by atoms with Crippen molar-refractivity contribution in [2.75, 3.05) is 31.1 Å². The van der Waals surface area contributed by atoms with Crippen LogP contribution >= 0.6 is 0 Å². The molecule has 2 aliphatic heterocycles. The molecule has 0 aliphatic carbocycles. The van der Waals surface area contributed by atoms with Gasteiger partial charge in [-0.15, -0.1) is 10.2 Å². The predicted octanol–water partition coefficient (Wildman–Crippen LogP) is 2.20. The molecule has 2 aliphatic rings. The third-order valence-electron chi connectivity index (χ3n) is 4.51. The lowest BCUT2D eigenvalue weighted by Crippen LogP contribution is -2.28. The summed E-state index contributed by atoms with van der Waals surface area (Å²) >= 11 is 0. The van der Waals surface area contributed by atoms with E-state index in [1.54, 1.807) is 0 Å². The maximum Gasteiger partial charge on any atom is 0.249 e. The summed E-state index contributed by atoms with van der Waals surface area (Å²) in [6.45, 7) is 4.21. The van der Waals surface area contributed by atoms with E-state index in [-0.39, 0.29) is 0 Å². The van der Waals surface area contributed by atoms with Crippen molar-refractivity contribution in [2.45, 2.75) is 31.6 Å². The zero-order valence-corrected chi connectivity index (χ0v) is 12.7. The minimum absolute atomic E-state index is 0.340. The topological polar surface area (TPSA) is 67.1 Å². The summed E-state index contributed by atoms with van der Waals surface area (Å²) in [5.74, 6) is 2.69. The second-order valence-electron chi connectivity index (χ2n) is 6.09. The fourth-order valence-corrected chi connectivity index (χ4v) is 3.22. The SMILES string of the molecule is c1cc(N2CCCC2)ncc1-c1nnc(C2CCCNC2)o1. The predicted molar refractivity (Wildman–Crippen MR) is 83.8 cm³/mol. The second-order valence-corrected chi connectivity index (χ2v) is 6.09. The monoisotopic (exact) mass is 299 g/mol. The van der Waals surface area contributed by atoms with E-state index >= 15 is 0 Å². The molecule has 1 atom stereocenters. The van der Waals surface area contributed by atoms with Crippen molar-refractivity contribution in [1.29, 1.82) is 0 Å². The molecule has 0 aromatic carbocycles. The Morgan fingerprint density at radius 2 is 2.05 bits per heavy atom. The first kappa shape index (κ1) is 13.7. The Labute approximate surface area is 129 Å². The van der Waals surface area contributed by atoms with Gasteiger partial charge in [0.05, 0.1) is 5.56 Å². The van der Waals surface area contributed by atoms with Gasteiger partial charge >= 0.3 is 0 Å². The van der Waals surface area contributed by atoms with Crippen molar-refractivity contribution in [3.63, 3.8) is 0 Å². The largest absolute Gasteiger partial charge is 0.420 e. The molecule has 0 spiro atoms. The van der Waals surface area contributed by atoms with Crippen LogP contribution in [0, 0.1) is 0 Å². The van der Waals surface area contributed by atoms with E-state index in [1.165, 1.54) is 12.8 Å². The molecule has 22 heavy (non-hydrogen) atoms. The zero-order chi connectivity index (χ0) is 14.8. The summed E-state index contributed by atoms with van der Waals surface area (Å²) in [5, 5.41) is 11.8. The number of rotatable bonds is 3. The molecular formula is C16H21N5O. The highest BCUT2D eigenvalue weighted by Gasteiger charge is 2.21. The average Bonchev–Trinajstić information content (AvgIpc) is 3.28.